The first-order valence-electron chi connectivity index (χ1n) is 7.60. The van der Waals surface area contributed by atoms with Crippen LogP contribution in [0.15, 0.2) is 41.0 Å². The summed E-state index contributed by atoms with van der Waals surface area (Å²) in [6.45, 7) is 6.15. The molecule has 2 amide bonds. The number of anilines is 1. The summed E-state index contributed by atoms with van der Waals surface area (Å²) in [5, 5.41) is 2.90. The Morgan fingerprint density at radius 1 is 1.22 bits per heavy atom. The first kappa shape index (κ1) is 16.8. The van der Waals surface area contributed by atoms with Crippen molar-refractivity contribution < 1.29 is 14.0 Å². The molecule has 0 unspecified atom stereocenters. The molecule has 1 N–H and O–H groups in total. The number of amides is 2. The van der Waals surface area contributed by atoms with Gasteiger partial charge in [0, 0.05) is 25.6 Å². The average molecular weight is 314 g/mol. The van der Waals surface area contributed by atoms with Gasteiger partial charge in [0.1, 0.15) is 5.76 Å². The van der Waals surface area contributed by atoms with Gasteiger partial charge in [-0.15, -0.1) is 0 Å². The van der Waals surface area contributed by atoms with Crippen molar-refractivity contribution in [2.24, 2.45) is 0 Å². The van der Waals surface area contributed by atoms with E-state index in [-0.39, 0.29) is 18.2 Å². The molecule has 0 aliphatic rings. The summed E-state index contributed by atoms with van der Waals surface area (Å²) in [5.74, 6) is 0.514. The van der Waals surface area contributed by atoms with E-state index in [1.165, 1.54) is 6.92 Å². The van der Waals surface area contributed by atoms with E-state index in [1.54, 1.807) is 17.2 Å². The molecular formula is C18H22N2O3. The number of nitrogens with one attached hydrogen (secondary N) is 1. The SMILES string of the molecule is CC(=O)N(CCC(=O)Nc1cc(C)ccc1C)Cc1ccco1. The first-order valence-corrected chi connectivity index (χ1v) is 7.60. The fourth-order valence-corrected chi connectivity index (χ4v) is 2.26. The number of benzene rings is 1. The second-order valence-electron chi connectivity index (χ2n) is 5.64. The van der Waals surface area contributed by atoms with E-state index < -0.39 is 0 Å². The number of hydrogen-bond donors (Lipinski definition) is 1. The number of carbonyl (C=O) groups is 2. The zero-order chi connectivity index (χ0) is 16.8. The molecule has 2 aromatic rings. The lowest BCUT2D eigenvalue weighted by Crippen LogP contribution is -2.31. The number of furan rings is 1. The van der Waals surface area contributed by atoms with Gasteiger partial charge in [0.15, 0.2) is 0 Å². The predicted molar refractivity (Wildman–Crippen MR) is 89.0 cm³/mol. The van der Waals surface area contributed by atoms with Gasteiger partial charge in [0.25, 0.3) is 0 Å². The van der Waals surface area contributed by atoms with Crippen LogP contribution in [0.5, 0.6) is 0 Å². The molecule has 1 heterocycles. The maximum Gasteiger partial charge on any atom is 0.226 e. The molecule has 2 rings (SSSR count). The third-order valence-corrected chi connectivity index (χ3v) is 3.65. The third kappa shape index (κ3) is 4.98. The van der Waals surface area contributed by atoms with Gasteiger partial charge in [0.05, 0.1) is 12.8 Å². The summed E-state index contributed by atoms with van der Waals surface area (Å²) in [4.78, 5) is 25.4. The van der Waals surface area contributed by atoms with Gasteiger partial charge >= 0.3 is 0 Å². The van der Waals surface area contributed by atoms with Gasteiger partial charge in [-0.05, 0) is 43.2 Å². The van der Waals surface area contributed by atoms with Gasteiger partial charge in [-0.3, -0.25) is 9.59 Å². The fourth-order valence-electron chi connectivity index (χ4n) is 2.26. The van der Waals surface area contributed by atoms with Crippen LogP contribution in [-0.2, 0) is 16.1 Å². The van der Waals surface area contributed by atoms with Gasteiger partial charge in [-0.1, -0.05) is 12.1 Å². The van der Waals surface area contributed by atoms with Crippen molar-refractivity contribution in [2.75, 3.05) is 11.9 Å². The van der Waals surface area contributed by atoms with Crippen molar-refractivity contribution in [1.29, 1.82) is 0 Å². The Kier molecular flexibility index (Phi) is 5.57. The third-order valence-electron chi connectivity index (χ3n) is 3.65. The largest absolute Gasteiger partial charge is 0.467 e. The molecule has 1 aromatic heterocycles. The summed E-state index contributed by atoms with van der Waals surface area (Å²) in [6.07, 6.45) is 1.81. The van der Waals surface area contributed by atoms with E-state index >= 15 is 0 Å². The molecule has 0 saturated carbocycles. The number of rotatable bonds is 6. The van der Waals surface area contributed by atoms with Crippen LogP contribution in [0.2, 0.25) is 0 Å². The Morgan fingerprint density at radius 2 is 2.00 bits per heavy atom. The van der Waals surface area contributed by atoms with Crippen molar-refractivity contribution >= 4 is 17.5 Å². The lowest BCUT2D eigenvalue weighted by molar-refractivity contribution is -0.130. The molecule has 0 fully saturated rings. The molecule has 0 saturated heterocycles. The molecule has 0 aliphatic heterocycles. The maximum absolute atomic E-state index is 12.1. The van der Waals surface area contributed by atoms with Gasteiger partial charge in [0.2, 0.25) is 11.8 Å². The molecule has 122 valence electrons. The van der Waals surface area contributed by atoms with Crippen molar-refractivity contribution in [2.45, 2.75) is 33.7 Å². The average Bonchev–Trinajstić information content (AvgIpc) is 3.00. The van der Waals surface area contributed by atoms with Crippen LogP contribution in [0.25, 0.3) is 0 Å². The number of nitrogens with zero attached hydrogens (tertiary/aromatic N) is 1. The Labute approximate surface area is 136 Å². The number of carbonyl (C=O) groups excluding carboxylic acids is 2. The van der Waals surface area contributed by atoms with Gasteiger partial charge in [-0.2, -0.15) is 0 Å². The zero-order valence-electron chi connectivity index (χ0n) is 13.8. The van der Waals surface area contributed by atoms with Crippen LogP contribution in [0, 0.1) is 13.8 Å². The van der Waals surface area contributed by atoms with Crippen LogP contribution < -0.4 is 5.32 Å². The minimum Gasteiger partial charge on any atom is -0.467 e. The highest BCUT2D eigenvalue weighted by Gasteiger charge is 2.13. The highest BCUT2D eigenvalue weighted by molar-refractivity contribution is 5.92. The minimum atomic E-state index is -0.107. The van der Waals surface area contributed by atoms with Crippen molar-refractivity contribution in [1.82, 2.24) is 4.90 Å². The Bertz CT molecular complexity index is 678. The van der Waals surface area contributed by atoms with Crippen molar-refractivity contribution in [3.05, 3.63) is 53.5 Å². The van der Waals surface area contributed by atoms with Gasteiger partial charge in [-0.25, -0.2) is 0 Å². The minimum absolute atomic E-state index is 0.0825. The van der Waals surface area contributed by atoms with Crippen molar-refractivity contribution in [3.8, 4) is 0 Å². The van der Waals surface area contributed by atoms with E-state index in [4.69, 9.17) is 4.42 Å². The Balaban J connectivity index is 1.91. The van der Waals surface area contributed by atoms with Crippen LogP contribution in [0.4, 0.5) is 5.69 Å². The summed E-state index contributed by atoms with van der Waals surface area (Å²) in [7, 11) is 0. The summed E-state index contributed by atoms with van der Waals surface area (Å²) in [6, 6.07) is 9.52. The normalized spacial score (nSPS) is 10.4. The molecule has 0 aliphatic carbocycles. The molecule has 23 heavy (non-hydrogen) atoms. The van der Waals surface area contributed by atoms with Gasteiger partial charge < -0.3 is 14.6 Å². The second-order valence-corrected chi connectivity index (χ2v) is 5.64. The zero-order valence-corrected chi connectivity index (χ0v) is 13.8. The smallest absolute Gasteiger partial charge is 0.226 e. The summed E-state index contributed by atoms with van der Waals surface area (Å²) >= 11 is 0. The molecule has 5 nitrogen and oxygen atoms in total. The van der Waals surface area contributed by atoms with Crippen LogP contribution in [0.1, 0.15) is 30.2 Å². The van der Waals surface area contributed by atoms with E-state index in [0.717, 1.165) is 16.8 Å². The lowest BCUT2D eigenvalue weighted by Gasteiger charge is -2.19. The first-order chi connectivity index (χ1) is 11.0. The van der Waals surface area contributed by atoms with Crippen LogP contribution >= 0.6 is 0 Å². The second kappa shape index (κ2) is 7.63. The van der Waals surface area contributed by atoms with Crippen molar-refractivity contribution in [3.63, 3.8) is 0 Å². The fraction of sp³-hybridized carbons (Fsp3) is 0.333. The predicted octanol–water partition coefficient (Wildman–Crippen LogP) is 3.27. The molecule has 1 aromatic carbocycles. The maximum atomic E-state index is 12.1. The molecule has 0 bridgehead atoms. The quantitative estimate of drug-likeness (QED) is 0.890. The highest BCUT2D eigenvalue weighted by atomic mass is 16.3. The Hall–Kier alpha value is -2.56. The van der Waals surface area contributed by atoms with Crippen LogP contribution in [0.3, 0.4) is 0 Å². The highest BCUT2D eigenvalue weighted by Crippen LogP contribution is 2.16. The summed E-state index contributed by atoms with van der Waals surface area (Å²) in [5.41, 5.74) is 2.92. The van der Waals surface area contributed by atoms with Crippen LogP contribution in [-0.4, -0.2) is 23.3 Å². The molecule has 5 heteroatoms. The summed E-state index contributed by atoms with van der Waals surface area (Å²) < 4.78 is 5.25. The molecule has 0 atom stereocenters. The Morgan fingerprint density at radius 3 is 2.65 bits per heavy atom. The lowest BCUT2D eigenvalue weighted by atomic mass is 10.1. The standard InChI is InChI=1S/C18H22N2O3/c1-13-6-7-14(2)17(11-13)19-18(22)8-9-20(15(3)21)12-16-5-4-10-23-16/h4-7,10-11H,8-9,12H2,1-3H3,(H,19,22). The van der Waals surface area contributed by atoms with E-state index in [2.05, 4.69) is 5.32 Å². The molecule has 0 spiro atoms. The molecule has 0 radical (unpaired) electrons. The molecular weight excluding hydrogens is 292 g/mol. The van der Waals surface area contributed by atoms with E-state index in [1.807, 2.05) is 38.1 Å². The monoisotopic (exact) mass is 314 g/mol. The number of aryl methyl sites for hydroxylation is 2. The van der Waals surface area contributed by atoms with E-state index in [0.29, 0.717) is 18.8 Å². The van der Waals surface area contributed by atoms with E-state index in [9.17, 15) is 9.59 Å². The topological polar surface area (TPSA) is 62.6 Å². The number of hydrogen-bond acceptors (Lipinski definition) is 3.